The van der Waals surface area contributed by atoms with Gasteiger partial charge in [-0.25, -0.2) is 0 Å². The molecule has 1 unspecified atom stereocenters. The smallest absolute Gasteiger partial charge is 0.229 e. The second kappa shape index (κ2) is 7.29. The molecule has 0 aromatic heterocycles. The van der Waals surface area contributed by atoms with Crippen LogP contribution in [0.3, 0.4) is 0 Å². The summed E-state index contributed by atoms with van der Waals surface area (Å²) in [7, 11) is 1.60. The second-order valence-electron chi connectivity index (χ2n) is 5.63. The van der Waals surface area contributed by atoms with Gasteiger partial charge in [-0.2, -0.15) is 0 Å². The van der Waals surface area contributed by atoms with Crippen LogP contribution in [-0.4, -0.2) is 31.5 Å². The van der Waals surface area contributed by atoms with Crippen LogP contribution < -0.4 is 15.0 Å². The van der Waals surface area contributed by atoms with Gasteiger partial charge in [0, 0.05) is 30.6 Å². The molecule has 1 aromatic rings. The first-order chi connectivity index (χ1) is 10.6. The maximum absolute atomic E-state index is 12.2. The summed E-state index contributed by atoms with van der Waals surface area (Å²) in [5.41, 5.74) is 0.809. The van der Waals surface area contributed by atoms with Gasteiger partial charge in [-0.3, -0.25) is 9.59 Å². The monoisotopic (exact) mass is 304 g/mol. The van der Waals surface area contributed by atoms with Crippen LogP contribution in [0.4, 0.5) is 5.69 Å². The van der Waals surface area contributed by atoms with Crippen LogP contribution in [0.1, 0.15) is 33.1 Å². The van der Waals surface area contributed by atoms with Gasteiger partial charge in [-0.1, -0.05) is 19.9 Å². The summed E-state index contributed by atoms with van der Waals surface area (Å²) in [6, 6.07) is 7.30. The fourth-order valence-electron chi connectivity index (χ4n) is 2.81. The molecular weight excluding hydrogens is 280 g/mol. The molecule has 1 heterocycles. The van der Waals surface area contributed by atoms with E-state index in [0.717, 1.165) is 24.3 Å². The normalized spacial score (nSPS) is 17.9. The first-order valence-electron chi connectivity index (χ1n) is 7.83. The van der Waals surface area contributed by atoms with E-state index in [2.05, 4.69) is 5.32 Å². The van der Waals surface area contributed by atoms with Gasteiger partial charge >= 0.3 is 0 Å². The minimum Gasteiger partial charge on any atom is -0.497 e. The quantitative estimate of drug-likeness (QED) is 0.877. The minimum absolute atomic E-state index is 0.0287. The predicted molar refractivity (Wildman–Crippen MR) is 86.0 cm³/mol. The van der Waals surface area contributed by atoms with E-state index in [1.165, 1.54) is 0 Å². The lowest BCUT2D eigenvalue weighted by Gasteiger charge is -2.19. The van der Waals surface area contributed by atoms with Gasteiger partial charge in [-0.15, -0.1) is 0 Å². The number of ether oxygens (including phenoxy) is 1. The summed E-state index contributed by atoms with van der Waals surface area (Å²) in [6.07, 6.45) is 1.99. The van der Waals surface area contributed by atoms with Crippen LogP contribution in [-0.2, 0) is 9.59 Å². The average molecular weight is 304 g/mol. The maximum Gasteiger partial charge on any atom is 0.229 e. The maximum atomic E-state index is 12.2. The Labute approximate surface area is 131 Å². The first-order valence-corrected chi connectivity index (χ1v) is 7.83. The topological polar surface area (TPSA) is 58.6 Å². The number of hydrogen-bond donors (Lipinski definition) is 1. The van der Waals surface area contributed by atoms with Crippen molar-refractivity contribution in [1.29, 1.82) is 0 Å². The number of carbonyl (C=O) groups excluding carboxylic acids is 2. The molecule has 1 aliphatic heterocycles. The molecule has 1 aromatic carbocycles. The number of nitrogens with zero attached hydrogens (tertiary/aromatic N) is 1. The average Bonchev–Trinajstić information content (AvgIpc) is 2.89. The molecule has 1 atom stereocenters. The number of hydrogen-bond acceptors (Lipinski definition) is 3. The van der Waals surface area contributed by atoms with E-state index in [0.29, 0.717) is 13.0 Å². The highest BCUT2D eigenvalue weighted by molar-refractivity contribution is 5.97. The van der Waals surface area contributed by atoms with Gasteiger partial charge in [-0.05, 0) is 25.0 Å². The number of carbonyl (C=O) groups is 2. The third-order valence-corrected chi connectivity index (χ3v) is 4.19. The van der Waals surface area contributed by atoms with Gasteiger partial charge in [0.2, 0.25) is 11.8 Å². The van der Waals surface area contributed by atoms with E-state index in [4.69, 9.17) is 4.74 Å². The zero-order valence-corrected chi connectivity index (χ0v) is 13.5. The molecule has 1 aliphatic rings. The molecule has 5 nitrogen and oxygen atoms in total. The Morgan fingerprint density at radius 1 is 1.41 bits per heavy atom. The molecule has 1 N–H and O–H groups in total. The first kappa shape index (κ1) is 16.3. The van der Waals surface area contributed by atoms with Gasteiger partial charge < -0.3 is 15.0 Å². The molecular formula is C17H24N2O3. The van der Waals surface area contributed by atoms with Crippen LogP contribution in [0, 0.1) is 5.92 Å². The lowest BCUT2D eigenvalue weighted by Crippen LogP contribution is -2.40. The van der Waals surface area contributed by atoms with Crippen molar-refractivity contribution in [1.82, 2.24) is 5.32 Å². The highest BCUT2D eigenvalue weighted by atomic mass is 16.5. The van der Waals surface area contributed by atoms with Crippen LogP contribution in [0.2, 0.25) is 0 Å². The Hall–Kier alpha value is -2.04. The van der Waals surface area contributed by atoms with Gasteiger partial charge in [0.05, 0.1) is 13.2 Å². The standard InChI is InChI=1S/C17H24N2O3/c1-4-12(5-2)17(21)18-13-9-16(20)19(11-13)14-7-6-8-15(10-14)22-3/h6-8,10,12-13H,4-5,9,11H2,1-3H3,(H,18,21). The third-order valence-electron chi connectivity index (χ3n) is 4.19. The Kier molecular flexibility index (Phi) is 5.41. The van der Waals surface area contributed by atoms with Crippen molar-refractivity contribution in [2.75, 3.05) is 18.6 Å². The molecule has 0 bridgehead atoms. The van der Waals surface area contributed by atoms with Gasteiger partial charge in [0.15, 0.2) is 0 Å². The van der Waals surface area contributed by atoms with Crippen LogP contribution in [0.25, 0.3) is 0 Å². The molecule has 22 heavy (non-hydrogen) atoms. The van der Waals surface area contributed by atoms with Crippen molar-refractivity contribution in [2.24, 2.45) is 5.92 Å². The summed E-state index contributed by atoms with van der Waals surface area (Å²) in [5, 5.41) is 3.01. The molecule has 0 radical (unpaired) electrons. The summed E-state index contributed by atoms with van der Waals surface area (Å²) < 4.78 is 5.19. The molecule has 120 valence electrons. The summed E-state index contributed by atoms with van der Waals surface area (Å²) in [5.74, 6) is 0.828. The van der Waals surface area contributed by atoms with E-state index < -0.39 is 0 Å². The van der Waals surface area contributed by atoms with Crippen molar-refractivity contribution in [3.05, 3.63) is 24.3 Å². The number of rotatable bonds is 6. The van der Waals surface area contributed by atoms with Gasteiger partial charge in [0.1, 0.15) is 5.75 Å². The number of nitrogens with one attached hydrogen (secondary N) is 1. The number of benzene rings is 1. The molecule has 1 saturated heterocycles. The SMILES string of the molecule is CCC(CC)C(=O)NC1CC(=O)N(c2cccc(OC)c2)C1. The van der Waals surface area contributed by atoms with Crippen molar-refractivity contribution >= 4 is 17.5 Å². The summed E-state index contributed by atoms with van der Waals surface area (Å²) in [4.78, 5) is 26.1. The number of amides is 2. The van der Waals surface area contributed by atoms with Crippen molar-refractivity contribution in [3.8, 4) is 5.75 Å². The molecule has 0 saturated carbocycles. The minimum atomic E-state index is -0.119. The Morgan fingerprint density at radius 2 is 2.14 bits per heavy atom. The second-order valence-corrected chi connectivity index (χ2v) is 5.63. The predicted octanol–water partition coefficient (Wildman–Crippen LogP) is 2.35. The van der Waals surface area contributed by atoms with Crippen molar-refractivity contribution in [2.45, 2.75) is 39.2 Å². The molecule has 1 fully saturated rings. The molecule has 0 aliphatic carbocycles. The van der Waals surface area contributed by atoms with Crippen molar-refractivity contribution in [3.63, 3.8) is 0 Å². The van der Waals surface area contributed by atoms with Gasteiger partial charge in [0.25, 0.3) is 0 Å². The van der Waals surface area contributed by atoms with E-state index in [1.807, 2.05) is 38.1 Å². The Balaban J connectivity index is 2.03. The fourth-order valence-corrected chi connectivity index (χ4v) is 2.81. The number of anilines is 1. The third kappa shape index (κ3) is 3.59. The highest BCUT2D eigenvalue weighted by Gasteiger charge is 2.32. The largest absolute Gasteiger partial charge is 0.497 e. The fraction of sp³-hybridized carbons (Fsp3) is 0.529. The zero-order valence-electron chi connectivity index (χ0n) is 13.5. The van der Waals surface area contributed by atoms with Crippen molar-refractivity contribution < 1.29 is 14.3 Å². The molecule has 0 spiro atoms. The summed E-state index contributed by atoms with van der Waals surface area (Å²) in [6.45, 7) is 4.53. The molecule has 2 amide bonds. The molecule has 5 heteroatoms. The highest BCUT2D eigenvalue weighted by Crippen LogP contribution is 2.25. The van der Waals surface area contributed by atoms with E-state index >= 15 is 0 Å². The lowest BCUT2D eigenvalue weighted by molar-refractivity contribution is -0.125. The lowest BCUT2D eigenvalue weighted by atomic mass is 10.0. The zero-order chi connectivity index (χ0) is 16.1. The van der Waals surface area contributed by atoms with E-state index in [1.54, 1.807) is 12.0 Å². The van der Waals surface area contributed by atoms with E-state index in [-0.39, 0.29) is 23.8 Å². The van der Waals surface area contributed by atoms with Crippen LogP contribution in [0.15, 0.2) is 24.3 Å². The Morgan fingerprint density at radius 3 is 2.77 bits per heavy atom. The molecule has 2 rings (SSSR count). The Bertz CT molecular complexity index is 540. The summed E-state index contributed by atoms with van der Waals surface area (Å²) >= 11 is 0. The van der Waals surface area contributed by atoms with Crippen LogP contribution in [0.5, 0.6) is 5.75 Å². The number of methoxy groups -OCH3 is 1. The van der Waals surface area contributed by atoms with Crippen LogP contribution >= 0.6 is 0 Å². The van der Waals surface area contributed by atoms with E-state index in [9.17, 15) is 9.59 Å².